The zero-order chi connectivity index (χ0) is 18.6. The van der Waals surface area contributed by atoms with Crippen LogP contribution in [-0.4, -0.2) is 43.4 Å². The van der Waals surface area contributed by atoms with Gasteiger partial charge in [-0.25, -0.2) is 4.98 Å². The molecule has 2 aliphatic rings. The molecule has 1 fully saturated rings. The Balaban J connectivity index is 1.60. The van der Waals surface area contributed by atoms with Crippen molar-refractivity contribution in [2.24, 2.45) is 0 Å². The van der Waals surface area contributed by atoms with Gasteiger partial charge < -0.3 is 14.2 Å². The summed E-state index contributed by atoms with van der Waals surface area (Å²) in [6, 6.07) is 7.94. The van der Waals surface area contributed by atoms with Crippen LogP contribution in [0, 0.1) is 0 Å². The molecular formula is C19H19BrN2O4S. The molecule has 1 unspecified atom stereocenters. The highest BCUT2D eigenvalue weighted by Crippen LogP contribution is 2.30. The number of rotatable bonds is 5. The van der Waals surface area contributed by atoms with E-state index in [2.05, 4.69) is 15.9 Å². The van der Waals surface area contributed by atoms with Gasteiger partial charge >= 0.3 is 0 Å². The first kappa shape index (κ1) is 18.5. The average molecular weight is 451 g/mol. The SMILES string of the molecule is O=C(C1=COCCO1)N(CC1CCCO1)c1nc(-c2ccc(Br)cc2)cs1. The number of hydrogen-bond donors (Lipinski definition) is 0. The van der Waals surface area contributed by atoms with Crippen LogP contribution in [0.3, 0.4) is 0 Å². The van der Waals surface area contributed by atoms with Crippen LogP contribution in [0.25, 0.3) is 11.3 Å². The van der Waals surface area contributed by atoms with E-state index < -0.39 is 0 Å². The van der Waals surface area contributed by atoms with E-state index in [1.54, 1.807) is 4.90 Å². The highest BCUT2D eigenvalue weighted by molar-refractivity contribution is 9.10. The van der Waals surface area contributed by atoms with Crippen molar-refractivity contribution in [2.75, 3.05) is 31.3 Å². The second kappa shape index (κ2) is 8.41. The summed E-state index contributed by atoms with van der Waals surface area (Å²) >= 11 is 4.88. The molecule has 0 saturated carbocycles. The Morgan fingerprint density at radius 3 is 2.81 bits per heavy atom. The van der Waals surface area contributed by atoms with Crippen LogP contribution < -0.4 is 4.90 Å². The Morgan fingerprint density at radius 1 is 1.26 bits per heavy atom. The lowest BCUT2D eigenvalue weighted by Gasteiger charge is -2.25. The average Bonchev–Trinajstić information content (AvgIpc) is 3.39. The fourth-order valence-electron chi connectivity index (χ4n) is 2.99. The standard InChI is InChI=1S/C19H19BrN2O4S/c20-14-5-3-13(4-6-14)16-12-27-19(21-16)22(10-15-2-1-7-25-15)18(23)17-11-24-8-9-26-17/h3-6,11-12,15H,1-2,7-10H2. The molecule has 1 aromatic heterocycles. The van der Waals surface area contributed by atoms with Crippen LogP contribution in [0.2, 0.25) is 0 Å². The zero-order valence-corrected chi connectivity index (χ0v) is 17.0. The molecule has 0 aliphatic carbocycles. The smallest absolute Gasteiger partial charge is 0.298 e. The molecule has 142 valence electrons. The maximum absolute atomic E-state index is 13.0. The molecule has 1 aromatic carbocycles. The first-order chi connectivity index (χ1) is 13.2. The third-order valence-corrected chi connectivity index (χ3v) is 5.77. The maximum Gasteiger partial charge on any atom is 0.298 e. The predicted molar refractivity (Wildman–Crippen MR) is 107 cm³/mol. The Morgan fingerprint density at radius 2 is 2.11 bits per heavy atom. The van der Waals surface area contributed by atoms with E-state index in [-0.39, 0.29) is 17.8 Å². The van der Waals surface area contributed by atoms with E-state index >= 15 is 0 Å². The molecule has 0 spiro atoms. The molecule has 1 saturated heterocycles. The van der Waals surface area contributed by atoms with E-state index in [0.29, 0.717) is 24.9 Å². The summed E-state index contributed by atoms with van der Waals surface area (Å²) in [4.78, 5) is 19.4. The quantitative estimate of drug-likeness (QED) is 0.689. The molecule has 2 aromatic rings. The minimum absolute atomic E-state index is 0.0130. The molecule has 4 rings (SSSR count). The van der Waals surface area contributed by atoms with E-state index in [1.165, 1.54) is 17.6 Å². The Labute approximate surface area is 169 Å². The predicted octanol–water partition coefficient (Wildman–Crippen LogP) is 3.97. The van der Waals surface area contributed by atoms with Crippen molar-refractivity contribution in [3.05, 3.63) is 46.1 Å². The minimum Gasteiger partial charge on any atom is -0.494 e. The summed E-state index contributed by atoms with van der Waals surface area (Å²) in [5.74, 6) is -0.0402. The highest BCUT2D eigenvalue weighted by Gasteiger charge is 2.30. The number of carbonyl (C=O) groups is 1. The van der Waals surface area contributed by atoms with E-state index in [1.807, 2.05) is 29.6 Å². The van der Waals surface area contributed by atoms with Gasteiger partial charge in [-0.15, -0.1) is 11.3 Å². The monoisotopic (exact) mass is 450 g/mol. The Bertz CT molecular complexity index is 830. The van der Waals surface area contributed by atoms with Gasteiger partial charge in [-0.05, 0) is 25.0 Å². The molecule has 0 bridgehead atoms. The molecule has 2 aliphatic heterocycles. The number of halogens is 1. The van der Waals surface area contributed by atoms with E-state index in [0.717, 1.165) is 35.2 Å². The summed E-state index contributed by atoms with van der Waals surface area (Å²) < 4.78 is 17.5. The van der Waals surface area contributed by atoms with Gasteiger partial charge in [0.15, 0.2) is 5.13 Å². The third kappa shape index (κ3) is 4.34. The Kier molecular flexibility index (Phi) is 5.75. The van der Waals surface area contributed by atoms with Gasteiger partial charge in [-0.1, -0.05) is 28.1 Å². The van der Waals surface area contributed by atoms with Crippen molar-refractivity contribution in [3.8, 4) is 11.3 Å². The second-order valence-corrected chi connectivity index (χ2v) is 8.03. The number of carbonyl (C=O) groups excluding carboxylic acids is 1. The van der Waals surface area contributed by atoms with Gasteiger partial charge in [0.25, 0.3) is 5.91 Å². The molecule has 0 radical (unpaired) electrons. The van der Waals surface area contributed by atoms with Gasteiger partial charge in [0.1, 0.15) is 19.5 Å². The van der Waals surface area contributed by atoms with Crippen molar-refractivity contribution in [3.63, 3.8) is 0 Å². The molecule has 27 heavy (non-hydrogen) atoms. The second-order valence-electron chi connectivity index (χ2n) is 6.27. The molecule has 1 atom stereocenters. The number of thiazole rings is 1. The summed E-state index contributed by atoms with van der Waals surface area (Å²) in [7, 11) is 0. The molecule has 1 amide bonds. The number of amides is 1. The molecule has 6 nitrogen and oxygen atoms in total. The van der Waals surface area contributed by atoms with Crippen LogP contribution in [0.4, 0.5) is 5.13 Å². The van der Waals surface area contributed by atoms with Crippen LogP contribution in [0.1, 0.15) is 12.8 Å². The molecular weight excluding hydrogens is 432 g/mol. The number of anilines is 1. The maximum atomic E-state index is 13.0. The van der Waals surface area contributed by atoms with Crippen molar-refractivity contribution in [1.82, 2.24) is 4.98 Å². The first-order valence-electron chi connectivity index (χ1n) is 8.80. The third-order valence-electron chi connectivity index (χ3n) is 4.38. The van der Waals surface area contributed by atoms with Gasteiger partial charge in [0, 0.05) is 22.0 Å². The van der Waals surface area contributed by atoms with E-state index in [9.17, 15) is 4.79 Å². The zero-order valence-electron chi connectivity index (χ0n) is 14.6. The van der Waals surface area contributed by atoms with Gasteiger partial charge in [0.2, 0.25) is 5.76 Å². The topological polar surface area (TPSA) is 60.9 Å². The first-order valence-corrected chi connectivity index (χ1v) is 10.5. The lowest BCUT2D eigenvalue weighted by atomic mass is 10.2. The minimum atomic E-state index is -0.248. The highest BCUT2D eigenvalue weighted by atomic mass is 79.9. The number of hydrogen-bond acceptors (Lipinski definition) is 6. The summed E-state index contributed by atoms with van der Waals surface area (Å²) in [5.41, 5.74) is 1.84. The van der Waals surface area contributed by atoms with Gasteiger partial charge in [-0.2, -0.15) is 0 Å². The van der Waals surface area contributed by atoms with Gasteiger partial charge in [-0.3, -0.25) is 9.69 Å². The Hall–Kier alpha value is -1.90. The summed E-state index contributed by atoms with van der Waals surface area (Å²) in [5, 5.41) is 2.59. The molecule has 3 heterocycles. The van der Waals surface area contributed by atoms with Crippen LogP contribution in [-0.2, 0) is 19.0 Å². The fourth-order valence-corrected chi connectivity index (χ4v) is 4.10. The fraction of sp³-hybridized carbons (Fsp3) is 0.368. The van der Waals surface area contributed by atoms with Crippen molar-refractivity contribution in [2.45, 2.75) is 18.9 Å². The van der Waals surface area contributed by atoms with E-state index in [4.69, 9.17) is 19.2 Å². The number of nitrogens with zero attached hydrogens (tertiary/aromatic N) is 2. The van der Waals surface area contributed by atoms with Gasteiger partial charge in [0.05, 0.1) is 18.3 Å². The van der Waals surface area contributed by atoms with Crippen LogP contribution >= 0.6 is 27.3 Å². The van der Waals surface area contributed by atoms with Crippen molar-refractivity contribution in [1.29, 1.82) is 0 Å². The normalized spacial score (nSPS) is 19.1. The number of benzene rings is 1. The molecule has 0 N–H and O–H groups in total. The summed E-state index contributed by atoms with van der Waals surface area (Å²) in [6.45, 7) is 2.00. The lowest BCUT2D eigenvalue weighted by Crippen LogP contribution is -2.39. The van der Waals surface area contributed by atoms with Crippen LogP contribution in [0.5, 0.6) is 0 Å². The van der Waals surface area contributed by atoms with Crippen LogP contribution in [0.15, 0.2) is 46.1 Å². The van der Waals surface area contributed by atoms with Crippen molar-refractivity contribution >= 4 is 38.3 Å². The summed E-state index contributed by atoms with van der Waals surface area (Å²) in [6.07, 6.45) is 3.35. The van der Waals surface area contributed by atoms with Crippen molar-refractivity contribution < 1.29 is 19.0 Å². The lowest BCUT2D eigenvalue weighted by molar-refractivity contribution is -0.120. The molecule has 8 heteroatoms. The number of ether oxygens (including phenoxy) is 3. The largest absolute Gasteiger partial charge is 0.494 e. The number of aromatic nitrogens is 1.